The van der Waals surface area contributed by atoms with Crippen molar-refractivity contribution in [2.45, 2.75) is 13.5 Å². The normalized spacial score (nSPS) is 10.0. The summed E-state index contributed by atoms with van der Waals surface area (Å²) in [6.07, 6.45) is 0. The summed E-state index contributed by atoms with van der Waals surface area (Å²) in [6, 6.07) is 5.49. The van der Waals surface area contributed by atoms with Gasteiger partial charge in [-0.2, -0.15) is 0 Å². The molecule has 2 aromatic rings. The molecule has 0 radical (unpaired) electrons. The number of carbonyl (C=O) groups is 1. The molecule has 0 atom stereocenters. The van der Waals surface area contributed by atoms with Crippen molar-refractivity contribution < 1.29 is 9.53 Å². The fourth-order valence-electron chi connectivity index (χ4n) is 1.55. The number of carbonyl (C=O) groups excluding carboxylic acids is 1. The zero-order valence-corrected chi connectivity index (χ0v) is 11.5. The fraction of sp³-hybridized carbons (Fsp3) is 0.250. The Balaban J connectivity index is 2.07. The minimum absolute atomic E-state index is 0.132. The van der Waals surface area contributed by atoms with Crippen LogP contribution in [0.5, 0.6) is 5.75 Å². The van der Waals surface area contributed by atoms with E-state index < -0.39 is 0 Å². The molecule has 1 heterocycles. The Kier molecular flexibility index (Phi) is 4.30. The Morgan fingerprint density at radius 2 is 2.32 bits per heavy atom. The van der Waals surface area contributed by atoms with Crippen LogP contribution in [0.15, 0.2) is 23.6 Å². The number of aromatic nitrogens is 2. The zero-order valence-electron chi connectivity index (χ0n) is 10.6. The lowest BCUT2D eigenvalue weighted by atomic mass is 10.2. The molecule has 0 aliphatic heterocycles. The molecule has 0 saturated heterocycles. The van der Waals surface area contributed by atoms with Crippen molar-refractivity contribution in [2.75, 3.05) is 17.7 Å². The van der Waals surface area contributed by atoms with E-state index in [-0.39, 0.29) is 5.91 Å². The maximum Gasteiger partial charge on any atom is 0.221 e. The third-order valence-corrected chi connectivity index (χ3v) is 2.94. The molecule has 0 spiro atoms. The van der Waals surface area contributed by atoms with Gasteiger partial charge in [-0.15, -0.1) is 5.10 Å². The van der Waals surface area contributed by atoms with Gasteiger partial charge in [0.15, 0.2) is 0 Å². The molecule has 0 aliphatic rings. The summed E-state index contributed by atoms with van der Waals surface area (Å²) in [6.45, 7) is 2.06. The molecule has 0 saturated carbocycles. The molecule has 0 aliphatic carbocycles. The second-order valence-electron chi connectivity index (χ2n) is 3.85. The van der Waals surface area contributed by atoms with E-state index in [1.54, 1.807) is 13.2 Å². The van der Waals surface area contributed by atoms with Crippen LogP contribution >= 0.6 is 11.5 Å². The first kappa shape index (κ1) is 13.3. The van der Waals surface area contributed by atoms with E-state index in [0.717, 1.165) is 11.4 Å². The minimum Gasteiger partial charge on any atom is -0.494 e. The summed E-state index contributed by atoms with van der Waals surface area (Å²) < 4.78 is 9.04. The lowest BCUT2D eigenvalue weighted by molar-refractivity contribution is -0.114. The molecule has 6 nitrogen and oxygen atoms in total. The van der Waals surface area contributed by atoms with Crippen LogP contribution in [0.2, 0.25) is 0 Å². The highest BCUT2D eigenvalue weighted by molar-refractivity contribution is 7.03. The Bertz CT molecular complexity index is 557. The van der Waals surface area contributed by atoms with Gasteiger partial charge in [-0.25, -0.2) is 0 Å². The SMILES string of the molecule is COc1cc(NCc2csnn2)ccc1NC(C)=O. The average Bonchev–Trinajstić information content (AvgIpc) is 2.90. The van der Waals surface area contributed by atoms with Gasteiger partial charge in [0, 0.05) is 24.1 Å². The van der Waals surface area contributed by atoms with Crippen molar-refractivity contribution in [3.8, 4) is 5.75 Å². The second kappa shape index (κ2) is 6.14. The number of hydrogen-bond acceptors (Lipinski definition) is 6. The van der Waals surface area contributed by atoms with E-state index >= 15 is 0 Å². The quantitative estimate of drug-likeness (QED) is 0.876. The molecule has 100 valence electrons. The zero-order chi connectivity index (χ0) is 13.7. The summed E-state index contributed by atoms with van der Waals surface area (Å²) in [7, 11) is 1.56. The van der Waals surface area contributed by atoms with E-state index in [1.807, 2.05) is 17.5 Å². The van der Waals surface area contributed by atoms with Crippen molar-refractivity contribution in [3.63, 3.8) is 0 Å². The predicted molar refractivity (Wildman–Crippen MR) is 74.5 cm³/mol. The van der Waals surface area contributed by atoms with E-state index in [2.05, 4.69) is 20.2 Å². The number of hydrogen-bond donors (Lipinski definition) is 2. The highest BCUT2D eigenvalue weighted by atomic mass is 32.1. The van der Waals surface area contributed by atoms with Gasteiger partial charge in [0.1, 0.15) is 5.75 Å². The predicted octanol–water partition coefficient (Wildman–Crippen LogP) is 2.12. The molecule has 1 amide bonds. The van der Waals surface area contributed by atoms with Crippen molar-refractivity contribution in [1.82, 2.24) is 9.59 Å². The van der Waals surface area contributed by atoms with Gasteiger partial charge in [0.05, 0.1) is 25.0 Å². The van der Waals surface area contributed by atoms with E-state index in [4.69, 9.17) is 4.74 Å². The van der Waals surface area contributed by atoms with Gasteiger partial charge in [-0.05, 0) is 23.7 Å². The number of amides is 1. The fourth-order valence-corrected chi connectivity index (χ4v) is 2.00. The number of methoxy groups -OCH3 is 1. The number of nitrogens with zero attached hydrogens (tertiary/aromatic N) is 2. The molecule has 1 aromatic carbocycles. The van der Waals surface area contributed by atoms with Crippen LogP contribution in [0.3, 0.4) is 0 Å². The van der Waals surface area contributed by atoms with Gasteiger partial charge in [-0.3, -0.25) is 4.79 Å². The highest BCUT2D eigenvalue weighted by Crippen LogP contribution is 2.28. The van der Waals surface area contributed by atoms with Crippen LogP contribution in [0.4, 0.5) is 11.4 Å². The third kappa shape index (κ3) is 3.65. The monoisotopic (exact) mass is 278 g/mol. The van der Waals surface area contributed by atoms with Crippen LogP contribution in [0, 0.1) is 0 Å². The van der Waals surface area contributed by atoms with Gasteiger partial charge >= 0.3 is 0 Å². The number of benzene rings is 1. The van der Waals surface area contributed by atoms with Gasteiger partial charge in [0.25, 0.3) is 0 Å². The molecule has 0 unspecified atom stereocenters. The van der Waals surface area contributed by atoms with Gasteiger partial charge in [-0.1, -0.05) is 4.49 Å². The molecule has 0 bridgehead atoms. The molecule has 0 fully saturated rings. The molecular formula is C12H14N4O2S. The number of anilines is 2. The van der Waals surface area contributed by atoms with E-state index in [9.17, 15) is 4.79 Å². The van der Waals surface area contributed by atoms with Crippen LogP contribution in [-0.2, 0) is 11.3 Å². The molecule has 2 N–H and O–H groups in total. The van der Waals surface area contributed by atoms with Gasteiger partial charge < -0.3 is 15.4 Å². The van der Waals surface area contributed by atoms with Gasteiger partial charge in [0.2, 0.25) is 5.91 Å². The maximum atomic E-state index is 11.1. The summed E-state index contributed by atoms with van der Waals surface area (Å²) >= 11 is 1.32. The molecular weight excluding hydrogens is 264 g/mol. The molecule has 7 heteroatoms. The van der Waals surface area contributed by atoms with Crippen molar-refractivity contribution in [1.29, 1.82) is 0 Å². The largest absolute Gasteiger partial charge is 0.494 e. The smallest absolute Gasteiger partial charge is 0.221 e. The van der Waals surface area contributed by atoms with Crippen LogP contribution < -0.4 is 15.4 Å². The lowest BCUT2D eigenvalue weighted by Gasteiger charge is -2.11. The third-order valence-electron chi connectivity index (χ3n) is 2.39. The molecule has 1 aromatic heterocycles. The number of nitrogens with one attached hydrogen (secondary N) is 2. The lowest BCUT2D eigenvalue weighted by Crippen LogP contribution is -2.07. The van der Waals surface area contributed by atoms with E-state index in [1.165, 1.54) is 18.5 Å². The summed E-state index contributed by atoms with van der Waals surface area (Å²) in [4.78, 5) is 11.1. The van der Waals surface area contributed by atoms with Crippen LogP contribution in [0.1, 0.15) is 12.6 Å². The van der Waals surface area contributed by atoms with Crippen molar-refractivity contribution in [3.05, 3.63) is 29.3 Å². The first-order chi connectivity index (χ1) is 9.19. The topological polar surface area (TPSA) is 76.1 Å². The van der Waals surface area contributed by atoms with Crippen LogP contribution in [0.25, 0.3) is 0 Å². The summed E-state index contributed by atoms with van der Waals surface area (Å²) in [5.41, 5.74) is 2.42. The Morgan fingerprint density at radius 3 is 2.95 bits per heavy atom. The molecule has 2 rings (SSSR count). The summed E-state index contributed by atoms with van der Waals surface area (Å²) in [5.74, 6) is 0.476. The van der Waals surface area contributed by atoms with E-state index in [0.29, 0.717) is 18.0 Å². The Hall–Kier alpha value is -2.15. The minimum atomic E-state index is -0.132. The maximum absolute atomic E-state index is 11.1. The Labute approximate surface area is 115 Å². The highest BCUT2D eigenvalue weighted by Gasteiger charge is 2.06. The molecule has 19 heavy (non-hydrogen) atoms. The average molecular weight is 278 g/mol. The number of ether oxygens (including phenoxy) is 1. The Morgan fingerprint density at radius 1 is 1.47 bits per heavy atom. The number of rotatable bonds is 5. The first-order valence-electron chi connectivity index (χ1n) is 5.64. The summed E-state index contributed by atoms with van der Waals surface area (Å²) in [5, 5.41) is 11.8. The van der Waals surface area contributed by atoms with Crippen LogP contribution in [-0.4, -0.2) is 22.6 Å². The van der Waals surface area contributed by atoms with Crippen molar-refractivity contribution >= 4 is 28.8 Å². The standard InChI is InChI=1S/C12H14N4O2S/c1-8(17)14-11-4-3-9(5-12(11)18-2)13-6-10-7-19-16-15-10/h3-5,7,13H,6H2,1-2H3,(H,14,17). The first-order valence-corrected chi connectivity index (χ1v) is 6.48. The second-order valence-corrected chi connectivity index (χ2v) is 4.46. The van der Waals surface area contributed by atoms with Crippen molar-refractivity contribution in [2.24, 2.45) is 0 Å².